The van der Waals surface area contributed by atoms with Crippen molar-refractivity contribution >= 4 is 15.9 Å². The molecule has 2 nitrogen and oxygen atoms in total. The van der Waals surface area contributed by atoms with E-state index in [4.69, 9.17) is 0 Å². The average Bonchev–Trinajstić information content (AvgIpc) is 2.40. The van der Waals surface area contributed by atoms with Gasteiger partial charge in [-0.15, -0.1) is 0 Å². The quantitative estimate of drug-likeness (QED) is 0.881. The molecular weight excluding hydrogens is 300 g/mol. The standard InChI is InChI=1S/C16H25BrN2/c1-13(12-19-10-4-3-5-11-19)18-14(2)15-6-8-16(17)9-7-15/h6-9,13-14,18H,3-5,10-12H2,1-2H3. The van der Waals surface area contributed by atoms with Crippen LogP contribution in [0.4, 0.5) is 0 Å². The van der Waals surface area contributed by atoms with Gasteiger partial charge in [-0.2, -0.15) is 0 Å². The van der Waals surface area contributed by atoms with Crippen molar-refractivity contribution in [1.82, 2.24) is 10.2 Å². The third kappa shape index (κ3) is 4.90. The minimum Gasteiger partial charge on any atom is -0.306 e. The molecule has 19 heavy (non-hydrogen) atoms. The fourth-order valence-corrected chi connectivity index (χ4v) is 3.12. The molecule has 2 atom stereocenters. The predicted molar refractivity (Wildman–Crippen MR) is 85.4 cm³/mol. The molecule has 1 aliphatic heterocycles. The second-order valence-corrected chi connectivity index (χ2v) is 6.62. The highest BCUT2D eigenvalue weighted by atomic mass is 79.9. The topological polar surface area (TPSA) is 15.3 Å². The van der Waals surface area contributed by atoms with E-state index in [1.54, 1.807) is 0 Å². The summed E-state index contributed by atoms with van der Waals surface area (Å²) in [5.74, 6) is 0. The molecule has 1 fully saturated rings. The number of nitrogens with zero attached hydrogens (tertiary/aromatic N) is 1. The van der Waals surface area contributed by atoms with Crippen LogP contribution in [0, 0.1) is 0 Å². The summed E-state index contributed by atoms with van der Waals surface area (Å²) in [5, 5.41) is 3.71. The zero-order valence-corrected chi connectivity index (χ0v) is 13.6. The Balaban J connectivity index is 1.80. The number of likely N-dealkylation sites (tertiary alicyclic amines) is 1. The van der Waals surface area contributed by atoms with E-state index in [-0.39, 0.29) is 0 Å². The maximum Gasteiger partial charge on any atom is 0.0294 e. The van der Waals surface area contributed by atoms with Gasteiger partial charge in [0.15, 0.2) is 0 Å². The van der Waals surface area contributed by atoms with Gasteiger partial charge in [0.1, 0.15) is 0 Å². The molecule has 1 aromatic carbocycles. The summed E-state index contributed by atoms with van der Waals surface area (Å²) in [7, 11) is 0. The number of halogens is 1. The van der Waals surface area contributed by atoms with Gasteiger partial charge in [-0.25, -0.2) is 0 Å². The lowest BCUT2D eigenvalue weighted by atomic mass is 10.1. The second-order valence-electron chi connectivity index (χ2n) is 5.70. The number of piperidine rings is 1. The molecule has 1 heterocycles. The summed E-state index contributed by atoms with van der Waals surface area (Å²) in [6.07, 6.45) is 4.15. The van der Waals surface area contributed by atoms with Crippen molar-refractivity contribution in [2.24, 2.45) is 0 Å². The van der Waals surface area contributed by atoms with Crippen LogP contribution in [0.1, 0.15) is 44.7 Å². The molecule has 1 N–H and O–H groups in total. The molecule has 0 spiro atoms. The van der Waals surface area contributed by atoms with Crippen LogP contribution in [0.25, 0.3) is 0 Å². The van der Waals surface area contributed by atoms with E-state index in [1.165, 1.54) is 44.5 Å². The second kappa shape index (κ2) is 7.41. The van der Waals surface area contributed by atoms with Gasteiger partial charge in [0, 0.05) is 23.1 Å². The Morgan fingerprint density at radius 3 is 2.37 bits per heavy atom. The highest BCUT2D eigenvalue weighted by Crippen LogP contribution is 2.17. The SMILES string of the molecule is CC(CN1CCCCC1)NC(C)c1ccc(Br)cc1. The van der Waals surface area contributed by atoms with Crippen molar-refractivity contribution in [3.05, 3.63) is 34.3 Å². The number of benzene rings is 1. The van der Waals surface area contributed by atoms with Crippen molar-refractivity contribution in [2.75, 3.05) is 19.6 Å². The number of hydrogen-bond acceptors (Lipinski definition) is 2. The highest BCUT2D eigenvalue weighted by Gasteiger charge is 2.15. The Morgan fingerprint density at radius 2 is 1.74 bits per heavy atom. The molecule has 2 unspecified atom stereocenters. The van der Waals surface area contributed by atoms with E-state index in [1.807, 2.05) is 0 Å². The van der Waals surface area contributed by atoms with Crippen molar-refractivity contribution in [2.45, 2.75) is 45.2 Å². The minimum atomic E-state index is 0.410. The zero-order chi connectivity index (χ0) is 13.7. The van der Waals surface area contributed by atoms with E-state index < -0.39 is 0 Å². The summed E-state index contributed by atoms with van der Waals surface area (Å²) in [4.78, 5) is 2.59. The van der Waals surface area contributed by atoms with Crippen molar-refractivity contribution in [3.8, 4) is 0 Å². The normalized spacial score (nSPS) is 20.2. The van der Waals surface area contributed by atoms with Gasteiger partial charge in [0.2, 0.25) is 0 Å². The molecule has 106 valence electrons. The van der Waals surface area contributed by atoms with Crippen LogP contribution >= 0.6 is 15.9 Å². The Kier molecular flexibility index (Phi) is 5.86. The van der Waals surface area contributed by atoms with Gasteiger partial charge in [0.25, 0.3) is 0 Å². The van der Waals surface area contributed by atoms with E-state index in [0.717, 1.165) is 4.47 Å². The van der Waals surface area contributed by atoms with E-state index >= 15 is 0 Å². The number of hydrogen-bond donors (Lipinski definition) is 1. The fraction of sp³-hybridized carbons (Fsp3) is 0.625. The van der Waals surface area contributed by atoms with Crippen LogP contribution in [0.3, 0.4) is 0 Å². The zero-order valence-electron chi connectivity index (χ0n) is 12.0. The molecule has 2 rings (SSSR count). The lowest BCUT2D eigenvalue weighted by molar-refractivity contribution is 0.205. The molecule has 0 saturated carbocycles. The molecule has 3 heteroatoms. The average molecular weight is 325 g/mol. The van der Waals surface area contributed by atoms with E-state index in [0.29, 0.717) is 12.1 Å². The third-order valence-corrected chi connectivity index (χ3v) is 4.41. The summed E-state index contributed by atoms with van der Waals surface area (Å²) in [6.45, 7) is 8.26. The number of nitrogens with one attached hydrogen (secondary N) is 1. The smallest absolute Gasteiger partial charge is 0.0294 e. The highest BCUT2D eigenvalue weighted by molar-refractivity contribution is 9.10. The first-order chi connectivity index (χ1) is 9.15. The summed E-state index contributed by atoms with van der Waals surface area (Å²) in [6, 6.07) is 9.56. The van der Waals surface area contributed by atoms with Crippen LogP contribution in [0.15, 0.2) is 28.7 Å². The van der Waals surface area contributed by atoms with Gasteiger partial charge < -0.3 is 10.2 Å². The molecule has 0 aliphatic carbocycles. The maximum atomic E-state index is 3.71. The summed E-state index contributed by atoms with van der Waals surface area (Å²) >= 11 is 3.48. The van der Waals surface area contributed by atoms with Crippen LogP contribution in [-0.2, 0) is 0 Å². The van der Waals surface area contributed by atoms with Gasteiger partial charge in [0.05, 0.1) is 0 Å². The molecule has 1 aromatic rings. The third-order valence-electron chi connectivity index (χ3n) is 3.89. The van der Waals surface area contributed by atoms with Gasteiger partial charge in [-0.3, -0.25) is 0 Å². The fourth-order valence-electron chi connectivity index (χ4n) is 2.86. The molecule has 0 radical (unpaired) electrons. The lowest BCUT2D eigenvalue weighted by Crippen LogP contribution is -2.42. The van der Waals surface area contributed by atoms with Crippen molar-refractivity contribution < 1.29 is 0 Å². The van der Waals surface area contributed by atoms with Crippen molar-refractivity contribution in [1.29, 1.82) is 0 Å². The van der Waals surface area contributed by atoms with Crippen LogP contribution in [0.5, 0.6) is 0 Å². The van der Waals surface area contributed by atoms with Gasteiger partial charge in [-0.1, -0.05) is 34.5 Å². The van der Waals surface area contributed by atoms with Crippen LogP contribution < -0.4 is 5.32 Å². The predicted octanol–water partition coefficient (Wildman–Crippen LogP) is 3.97. The van der Waals surface area contributed by atoms with Gasteiger partial charge >= 0.3 is 0 Å². The van der Waals surface area contributed by atoms with E-state index in [9.17, 15) is 0 Å². The maximum absolute atomic E-state index is 3.71. The Labute approximate surface area is 125 Å². The lowest BCUT2D eigenvalue weighted by Gasteiger charge is -2.30. The Bertz CT molecular complexity index is 371. The molecule has 1 aliphatic rings. The number of rotatable bonds is 5. The Hall–Kier alpha value is -0.380. The monoisotopic (exact) mass is 324 g/mol. The molecule has 1 saturated heterocycles. The Morgan fingerprint density at radius 1 is 1.11 bits per heavy atom. The van der Waals surface area contributed by atoms with Gasteiger partial charge in [-0.05, 0) is 57.5 Å². The molecule has 0 aromatic heterocycles. The first kappa shape index (κ1) is 15.0. The molecule has 0 bridgehead atoms. The first-order valence-corrected chi connectivity index (χ1v) is 8.18. The van der Waals surface area contributed by atoms with Crippen LogP contribution in [-0.4, -0.2) is 30.6 Å². The largest absolute Gasteiger partial charge is 0.306 e. The molecule has 0 amide bonds. The van der Waals surface area contributed by atoms with Crippen molar-refractivity contribution in [3.63, 3.8) is 0 Å². The first-order valence-electron chi connectivity index (χ1n) is 7.39. The summed E-state index contributed by atoms with van der Waals surface area (Å²) in [5.41, 5.74) is 1.36. The minimum absolute atomic E-state index is 0.410. The molecular formula is C16H25BrN2. The van der Waals surface area contributed by atoms with Crippen LogP contribution in [0.2, 0.25) is 0 Å². The summed E-state index contributed by atoms with van der Waals surface area (Å²) < 4.78 is 1.14. The van der Waals surface area contributed by atoms with E-state index in [2.05, 4.69) is 64.3 Å².